The van der Waals surface area contributed by atoms with Gasteiger partial charge in [0, 0.05) is 21.4 Å². The molecule has 0 saturated heterocycles. The van der Waals surface area contributed by atoms with Gasteiger partial charge in [-0.2, -0.15) is 0 Å². The van der Waals surface area contributed by atoms with E-state index in [1.807, 2.05) is 59.3 Å². The largest absolute Gasteiger partial charge is 0.397 e. The lowest BCUT2D eigenvalue weighted by molar-refractivity contribution is 0.103. The Kier molecular flexibility index (Phi) is 5.00. The van der Waals surface area contributed by atoms with Crippen LogP contribution < -0.4 is 11.1 Å². The third-order valence-corrected chi connectivity index (χ3v) is 7.45. The van der Waals surface area contributed by atoms with Crippen molar-refractivity contribution >= 4 is 72.6 Å². The van der Waals surface area contributed by atoms with E-state index in [-0.39, 0.29) is 5.91 Å². The quantitative estimate of drug-likeness (QED) is 0.310. The molecule has 1 amide bonds. The fraction of sp³-hybridized carbons (Fsp3) is 0. The van der Waals surface area contributed by atoms with Crippen LogP contribution in [0.4, 0.5) is 10.8 Å². The van der Waals surface area contributed by atoms with Gasteiger partial charge >= 0.3 is 0 Å². The van der Waals surface area contributed by atoms with Gasteiger partial charge in [0.05, 0.1) is 22.0 Å². The monoisotopic (exact) mass is 468 g/mol. The lowest BCUT2D eigenvalue weighted by atomic mass is 10.1. The second-order valence-electron chi connectivity index (χ2n) is 6.37. The molecule has 0 aliphatic carbocycles. The fourth-order valence-corrected chi connectivity index (χ4v) is 5.55. The van der Waals surface area contributed by atoms with E-state index in [0.29, 0.717) is 25.5 Å². The number of nitrogens with two attached hydrogens (primary N) is 1. The van der Waals surface area contributed by atoms with Crippen LogP contribution >= 0.6 is 45.6 Å². The van der Waals surface area contributed by atoms with Crippen LogP contribution in [-0.2, 0) is 0 Å². The van der Waals surface area contributed by atoms with E-state index in [1.165, 1.54) is 22.7 Å². The first-order chi connectivity index (χ1) is 14.6. The Labute approximate surface area is 188 Å². The molecule has 4 heterocycles. The summed E-state index contributed by atoms with van der Waals surface area (Å²) in [7, 11) is 0. The molecule has 0 saturated carbocycles. The van der Waals surface area contributed by atoms with Crippen molar-refractivity contribution in [3.8, 4) is 21.8 Å². The van der Waals surface area contributed by atoms with Crippen molar-refractivity contribution in [1.82, 2.24) is 9.97 Å². The van der Waals surface area contributed by atoms with Crippen molar-refractivity contribution in [2.75, 3.05) is 11.1 Å². The minimum Gasteiger partial charge on any atom is -0.397 e. The molecule has 0 bridgehead atoms. The number of rotatable bonds is 4. The first kappa shape index (κ1) is 19.2. The highest BCUT2D eigenvalue weighted by molar-refractivity contribution is 7.21. The molecule has 0 unspecified atom stereocenters. The molecule has 0 atom stereocenters. The lowest BCUT2D eigenvalue weighted by Crippen LogP contribution is -2.11. The summed E-state index contributed by atoms with van der Waals surface area (Å²) in [4.78, 5) is 24.2. The zero-order valence-electron chi connectivity index (χ0n) is 15.3. The molecular formula is C21H13ClN4OS3. The smallest absolute Gasteiger partial charge is 0.269 e. The summed E-state index contributed by atoms with van der Waals surface area (Å²) in [6, 6.07) is 15.2. The Balaban J connectivity index is 1.43. The van der Waals surface area contributed by atoms with Crippen molar-refractivity contribution in [3.63, 3.8) is 0 Å². The molecule has 9 heteroatoms. The molecule has 0 spiro atoms. The number of aromatic nitrogens is 2. The summed E-state index contributed by atoms with van der Waals surface area (Å²) in [5.74, 6) is -0.282. The maximum Gasteiger partial charge on any atom is 0.269 e. The van der Waals surface area contributed by atoms with E-state index in [9.17, 15) is 4.79 Å². The number of amides is 1. The minimum atomic E-state index is -0.282. The van der Waals surface area contributed by atoms with Gasteiger partial charge in [-0.05, 0) is 35.7 Å². The Morgan fingerprint density at radius 2 is 1.83 bits per heavy atom. The van der Waals surface area contributed by atoms with Crippen molar-refractivity contribution in [2.24, 2.45) is 0 Å². The average molecular weight is 469 g/mol. The summed E-state index contributed by atoms with van der Waals surface area (Å²) in [5.41, 5.74) is 9.29. The van der Waals surface area contributed by atoms with Gasteiger partial charge in [-0.25, -0.2) is 9.97 Å². The fourth-order valence-electron chi connectivity index (χ4n) is 2.97. The molecule has 0 radical (unpaired) electrons. The molecule has 0 aliphatic heterocycles. The van der Waals surface area contributed by atoms with Crippen LogP contribution in [0.2, 0.25) is 5.02 Å². The van der Waals surface area contributed by atoms with Crippen LogP contribution in [0.25, 0.3) is 32.0 Å². The molecular weight excluding hydrogens is 456 g/mol. The van der Waals surface area contributed by atoms with Crippen LogP contribution in [0.5, 0.6) is 0 Å². The number of thiazole rings is 1. The number of pyridine rings is 1. The lowest BCUT2D eigenvalue weighted by Gasteiger charge is -2.01. The maximum atomic E-state index is 12.8. The number of hydrogen-bond acceptors (Lipinski definition) is 7. The number of benzene rings is 1. The summed E-state index contributed by atoms with van der Waals surface area (Å²) in [6.45, 7) is 0. The van der Waals surface area contributed by atoms with Crippen LogP contribution in [0, 0.1) is 0 Å². The number of carbonyl (C=O) groups is 1. The van der Waals surface area contributed by atoms with E-state index in [2.05, 4.69) is 15.3 Å². The highest BCUT2D eigenvalue weighted by Gasteiger charge is 2.19. The van der Waals surface area contributed by atoms with Crippen molar-refractivity contribution < 1.29 is 4.79 Å². The molecule has 0 fully saturated rings. The maximum absolute atomic E-state index is 12.8. The Hall–Kier alpha value is -2.78. The summed E-state index contributed by atoms with van der Waals surface area (Å²) in [6.07, 6.45) is 0. The van der Waals surface area contributed by atoms with E-state index < -0.39 is 0 Å². The molecule has 3 N–H and O–H groups in total. The molecule has 0 aliphatic rings. The summed E-state index contributed by atoms with van der Waals surface area (Å²) in [5, 5.41) is 8.75. The topological polar surface area (TPSA) is 80.9 Å². The predicted octanol–water partition coefficient (Wildman–Crippen LogP) is 6.64. The number of nitrogens with zero attached hydrogens (tertiary/aromatic N) is 2. The number of nitrogens with one attached hydrogen (secondary N) is 1. The molecule has 5 aromatic rings. The number of carbonyl (C=O) groups excluding carboxylic acids is 1. The van der Waals surface area contributed by atoms with Gasteiger partial charge < -0.3 is 5.73 Å². The molecule has 1 aromatic carbocycles. The van der Waals surface area contributed by atoms with Gasteiger partial charge in [-0.1, -0.05) is 29.8 Å². The number of anilines is 2. The van der Waals surface area contributed by atoms with E-state index in [4.69, 9.17) is 17.3 Å². The van der Waals surface area contributed by atoms with E-state index >= 15 is 0 Å². The molecule has 5 nitrogen and oxygen atoms in total. The number of hydrogen-bond donors (Lipinski definition) is 2. The summed E-state index contributed by atoms with van der Waals surface area (Å²) >= 11 is 10.2. The van der Waals surface area contributed by atoms with Crippen LogP contribution in [-0.4, -0.2) is 15.9 Å². The molecule has 30 heavy (non-hydrogen) atoms. The average Bonchev–Trinajstić information content (AvgIpc) is 3.49. The van der Waals surface area contributed by atoms with Crippen molar-refractivity contribution in [3.05, 3.63) is 69.2 Å². The SMILES string of the molecule is Nc1c(C(=O)Nc2nc(-c3cccs3)cs2)sc2nc(-c3ccc(Cl)cc3)ccc12. The second-order valence-corrected chi connectivity index (χ2v) is 9.61. The van der Waals surface area contributed by atoms with Crippen LogP contribution in [0.15, 0.2) is 59.3 Å². The number of fused-ring (bicyclic) bond motifs is 1. The first-order valence-electron chi connectivity index (χ1n) is 8.84. The van der Waals surface area contributed by atoms with Crippen LogP contribution in [0.1, 0.15) is 9.67 Å². The third kappa shape index (κ3) is 3.59. The molecule has 4 aromatic heterocycles. The standard InChI is InChI=1S/C21H13ClN4OS3/c22-12-5-3-11(4-6-12)14-8-7-13-17(23)18(30-20(13)24-14)19(27)26-21-25-15(10-29-21)16-2-1-9-28-16/h1-10H,23H2,(H,25,26,27). The van der Waals surface area contributed by atoms with Gasteiger partial charge in [0.1, 0.15) is 9.71 Å². The second kappa shape index (κ2) is 7.81. The van der Waals surface area contributed by atoms with Crippen LogP contribution in [0.3, 0.4) is 0 Å². The van der Waals surface area contributed by atoms with Gasteiger partial charge in [0.2, 0.25) is 0 Å². The van der Waals surface area contributed by atoms with Gasteiger partial charge in [0.15, 0.2) is 5.13 Å². The summed E-state index contributed by atoms with van der Waals surface area (Å²) < 4.78 is 0. The van der Waals surface area contributed by atoms with Gasteiger partial charge in [-0.15, -0.1) is 34.0 Å². The number of thiophene rings is 2. The minimum absolute atomic E-state index is 0.282. The zero-order chi connectivity index (χ0) is 20.7. The predicted molar refractivity (Wildman–Crippen MR) is 128 cm³/mol. The van der Waals surface area contributed by atoms with Crippen molar-refractivity contribution in [1.29, 1.82) is 0 Å². The number of nitrogen functional groups attached to an aromatic ring is 1. The molecule has 148 valence electrons. The Morgan fingerprint density at radius 3 is 2.60 bits per heavy atom. The van der Waals surface area contributed by atoms with Gasteiger partial charge in [-0.3, -0.25) is 10.1 Å². The third-order valence-electron chi connectivity index (χ3n) is 4.44. The highest BCUT2D eigenvalue weighted by atomic mass is 35.5. The van der Waals surface area contributed by atoms with E-state index in [1.54, 1.807) is 11.3 Å². The van der Waals surface area contributed by atoms with Gasteiger partial charge in [0.25, 0.3) is 5.91 Å². The molecule has 5 rings (SSSR count). The Bertz CT molecular complexity index is 1360. The van der Waals surface area contributed by atoms with E-state index in [0.717, 1.165) is 27.2 Å². The highest BCUT2D eigenvalue weighted by Crippen LogP contribution is 2.35. The Morgan fingerprint density at radius 1 is 1.00 bits per heavy atom. The number of halogens is 1. The zero-order valence-corrected chi connectivity index (χ0v) is 18.5. The first-order valence-corrected chi connectivity index (χ1v) is 11.8. The normalized spacial score (nSPS) is 11.1. The van der Waals surface area contributed by atoms with Crippen molar-refractivity contribution in [2.45, 2.75) is 0 Å².